The Bertz CT molecular complexity index is 1200. The summed E-state index contributed by atoms with van der Waals surface area (Å²) in [5, 5.41) is 5.27. The molecule has 5 rings (SSSR count). The van der Waals surface area contributed by atoms with Crippen LogP contribution in [0.15, 0.2) is 104 Å². The quantitative estimate of drug-likeness (QED) is 0.292. The van der Waals surface area contributed by atoms with Gasteiger partial charge < -0.3 is 0 Å². The van der Waals surface area contributed by atoms with Crippen LogP contribution in [0, 0.1) is 0 Å². The summed E-state index contributed by atoms with van der Waals surface area (Å²) in [5.74, 6) is 0. The maximum absolute atomic E-state index is 4.09. The van der Waals surface area contributed by atoms with E-state index in [0.717, 1.165) is 19.4 Å². The van der Waals surface area contributed by atoms with Gasteiger partial charge in [-0.05, 0) is 63.7 Å². The minimum absolute atomic E-state index is 0.868. The summed E-state index contributed by atoms with van der Waals surface area (Å²) in [7, 11) is 0. The maximum atomic E-state index is 4.09. The third kappa shape index (κ3) is 3.74. The molecule has 140 valence electrons. The van der Waals surface area contributed by atoms with E-state index in [1.807, 2.05) is 12.4 Å². The molecule has 0 aliphatic rings. The molecular weight excluding hydrogens is 352 g/mol. The Kier molecular flexibility index (Phi) is 4.75. The molecule has 0 saturated carbocycles. The normalized spacial score (nSPS) is 11.2. The summed E-state index contributed by atoms with van der Waals surface area (Å²) in [6.45, 7) is 0.868. The molecular formula is C27H23N2+. The minimum Gasteiger partial charge on any atom is -0.265 e. The van der Waals surface area contributed by atoms with Gasteiger partial charge in [-0.1, -0.05) is 48.5 Å². The summed E-state index contributed by atoms with van der Waals surface area (Å²) in [5.41, 5.74) is 4.08. The molecule has 5 aromatic rings. The second kappa shape index (κ2) is 7.84. The van der Waals surface area contributed by atoms with Crippen LogP contribution in [0.2, 0.25) is 0 Å². The third-order valence-electron chi connectivity index (χ3n) is 5.64. The van der Waals surface area contributed by atoms with Gasteiger partial charge in [-0.3, -0.25) is 4.98 Å². The lowest BCUT2D eigenvalue weighted by Gasteiger charge is -2.09. The zero-order valence-electron chi connectivity index (χ0n) is 16.3. The predicted octanol–water partition coefficient (Wildman–Crippen LogP) is 5.51. The van der Waals surface area contributed by atoms with Crippen LogP contribution in [-0.2, 0) is 19.4 Å². The fourth-order valence-corrected chi connectivity index (χ4v) is 4.06. The van der Waals surface area contributed by atoms with Crippen molar-refractivity contribution in [3.8, 4) is 0 Å². The summed E-state index contributed by atoms with van der Waals surface area (Å²) in [6.07, 6.45) is 10.2. The molecule has 0 unspecified atom stereocenters. The van der Waals surface area contributed by atoms with Gasteiger partial charge in [0.05, 0.1) is 0 Å². The van der Waals surface area contributed by atoms with Gasteiger partial charge in [0, 0.05) is 30.1 Å². The van der Waals surface area contributed by atoms with Crippen molar-refractivity contribution in [1.29, 1.82) is 0 Å². The molecule has 2 heterocycles. The van der Waals surface area contributed by atoms with E-state index in [0.29, 0.717) is 0 Å². The number of hydrogen-bond donors (Lipinski definition) is 0. The highest BCUT2D eigenvalue weighted by molar-refractivity contribution is 6.02. The standard InChI is InChI=1S/C27H23N2/c1-3-7-25-23(5-1)19-24-6-2-4-8-26(24)27(25)20-29-17-13-22(14-18-29)10-9-21-11-15-28-16-12-21/h1-8,11-19H,9-10,20H2/q+1. The van der Waals surface area contributed by atoms with E-state index in [1.165, 1.54) is 38.2 Å². The lowest BCUT2D eigenvalue weighted by molar-refractivity contribution is -0.688. The first kappa shape index (κ1) is 17.6. The molecule has 29 heavy (non-hydrogen) atoms. The molecule has 0 spiro atoms. The largest absolute Gasteiger partial charge is 0.265 e. The Hall–Kier alpha value is -3.52. The Labute approximate surface area is 171 Å². The topological polar surface area (TPSA) is 16.8 Å². The molecule has 0 radical (unpaired) electrons. The highest BCUT2D eigenvalue weighted by Gasteiger charge is 2.12. The highest BCUT2D eigenvalue weighted by atomic mass is 14.9. The highest BCUT2D eigenvalue weighted by Crippen LogP contribution is 2.28. The Morgan fingerprint density at radius 1 is 0.621 bits per heavy atom. The summed E-state index contributed by atoms with van der Waals surface area (Å²) >= 11 is 0. The molecule has 0 bridgehead atoms. The molecule has 0 aliphatic heterocycles. The van der Waals surface area contributed by atoms with Crippen LogP contribution in [0.3, 0.4) is 0 Å². The smallest absolute Gasteiger partial charge is 0.175 e. The van der Waals surface area contributed by atoms with Crippen molar-refractivity contribution in [3.05, 3.63) is 120 Å². The second-order valence-corrected chi connectivity index (χ2v) is 7.53. The van der Waals surface area contributed by atoms with Crippen LogP contribution in [0.1, 0.15) is 16.7 Å². The van der Waals surface area contributed by atoms with Crippen LogP contribution in [0.4, 0.5) is 0 Å². The fraction of sp³-hybridized carbons (Fsp3) is 0.111. The molecule has 2 nitrogen and oxygen atoms in total. The molecule has 3 aromatic carbocycles. The van der Waals surface area contributed by atoms with Gasteiger partial charge in [-0.15, -0.1) is 0 Å². The zero-order chi connectivity index (χ0) is 19.5. The number of aromatic nitrogens is 2. The first-order valence-corrected chi connectivity index (χ1v) is 10.1. The number of fused-ring (bicyclic) bond motifs is 2. The molecule has 0 fully saturated rings. The van der Waals surface area contributed by atoms with E-state index in [2.05, 4.69) is 101 Å². The fourth-order valence-electron chi connectivity index (χ4n) is 4.06. The van der Waals surface area contributed by atoms with E-state index in [9.17, 15) is 0 Å². The van der Waals surface area contributed by atoms with Gasteiger partial charge in [-0.25, -0.2) is 4.57 Å². The first-order valence-electron chi connectivity index (χ1n) is 10.1. The summed E-state index contributed by atoms with van der Waals surface area (Å²) in [4.78, 5) is 4.09. The third-order valence-corrected chi connectivity index (χ3v) is 5.64. The van der Waals surface area contributed by atoms with Crippen molar-refractivity contribution in [2.75, 3.05) is 0 Å². The van der Waals surface area contributed by atoms with Crippen molar-refractivity contribution in [3.63, 3.8) is 0 Å². The van der Waals surface area contributed by atoms with E-state index in [4.69, 9.17) is 0 Å². The van der Waals surface area contributed by atoms with Gasteiger partial charge in [0.25, 0.3) is 0 Å². The van der Waals surface area contributed by atoms with Gasteiger partial charge >= 0.3 is 0 Å². The molecule has 2 aromatic heterocycles. The maximum Gasteiger partial charge on any atom is 0.175 e. The van der Waals surface area contributed by atoms with Gasteiger partial charge in [0.1, 0.15) is 0 Å². The van der Waals surface area contributed by atoms with Gasteiger partial charge in [0.15, 0.2) is 18.9 Å². The Morgan fingerprint density at radius 2 is 1.17 bits per heavy atom. The molecule has 0 aliphatic carbocycles. The minimum atomic E-state index is 0.868. The van der Waals surface area contributed by atoms with Crippen molar-refractivity contribution < 1.29 is 4.57 Å². The Balaban J connectivity index is 1.43. The lowest BCUT2D eigenvalue weighted by Crippen LogP contribution is -2.33. The first-order chi connectivity index (χ1) is 14.4. The number of hydrogen-bond acceptors (Lipinski definition) is 1. The summed E-state index contributed by atoms with van der Waals surface area (Å²) < 4.78 is 2.28. The number of nitrogens with zero attached hydrogens (tertiary/aromatic N) is 2. The van der Waals surface area contributed by atoms with Crippen molar-refractivity contribution in [1.82, 2.24) is 4.98 Å². The second-order valence-electron chi connectivity index (χ2n) is 7.53. The van der Waals surface area contributed by atoms with Gasteiger partial charge in [0.2, 0.25) is 0 Å². The van der Waals surface area contributed by atoms with Crippen LogP contribution in [-0.4, -0.2) is 4.98 Å². The van der Waals surface area contributed by atoms with E-state index in [1.54, 1.807) is 0 Å². The molecule has 2 heteroatoms. The number of aryl methyl sites for hydroxylation is 2. The van der Waals surface area contributed by atoms with Crippen molar-refractivity contribution in [2.24, 2.45) is 0 Å². The van der Waals surface area contributed by atoms with E-state index < -0.39 is 0 Å². The van der Waals surface area contributed by atoms with E-state index in [-0.39, 0.29) is 0 Å². The monoisotopic (exact) mass is 375 g/mol. The Morgan fingerprint density at radius 3 is 1.79 bits per heavy atom. The average molecular weight is 375 g/mol. The molecule has 0 amide bonds. The van der Waals surface area contributed by atoms with Crippen molar-refractivity contribution in [2.45, 2.75) is 19.4 Å². The lowest BCUT2D eigenvalue weighted by atomic mass is 9.96. The number of pyridine rings is 2. The van der Waals surface area contributed by atoms with Crippen LogP contribution >= 0.6 is 0 Å². The van der Waals surface area contributed by atoms with Crippen LogP contribution < -0.4 is 4.57 Å². The molecule has 0 N–H and O–H groups in total. The molecule has 0 saturated heterocycles. The average Bonchev–Trinajstić information content (AvgIpc) is 2.79. The SMILES string of the molecule is c1ccc2c(C[n+]3ccc(CCc4ccncc4)cc3)c3ccccc3cc2c1. The summed E-state index contributed by atoms with van der Waals surface area (Å²) in [6, 6.07) is 28.4. The van der Waals surface area contributed by atoms with Crippen LogP contribution in [0.5, 0.6) is 0 Å². The zero-order valence-corrected chi connectivity index (χ0v) is 16.3. The number of benzene rings is 3. The van der Waals surface area contributed by atoms with Crippen molar-refractivity contribution >= 4 is 21.5 Å². The number of rotatable bonds is 5. The van der Waals surface area contributed by atoms with E-state index >= 15 is 0 Å². The van der Waals surface area contributed by atoms with Gasteiger partial charge in [-0.2, -0.15) is 0 Å². The molecule has 0 atom stereocenters. The predicted molar refractivity (Wildman–Crippen MR) is 119 cm³/mol. The van der Waals surface area contributed by atoms with Crippen LogP contribution in [0.25, 0.3) is 21.5 Å².